The van der Waals surface area contributed by atoms with E-state index in [-0.39, 0.29) is 32.7 Å². The summed E-state index contributed by atoms with van der Waals surface area (Å²) < 4.78 is 0. The van der Waals surface area contributed by atoms with E-state index < -0.39 is 0 Å². The molecule has 1 radical (unpaired) electrons. The summed E-state index contributed by atoms with van der Waals surface area (Å²) in [5, 5.41) is 10.8. The quantitative estimate of drug-likeness (QED) is 0.786. The third-order valence-corrected chi connectivity index (χ3v) is 2.41. The van der Waals surface area contributed by atoms with Crippen LogP contribution in [0.4, 0.5) is 0 Å². The normalized spacial score (nSPS) is 10.0. The molecule has 0 spiro atoms. The van der Waals surface area contributed by atoms with Gasteiger partial charge in [-0.1, -0.05) is 31.2 Å². The maximum Gasteiger partial charge on any atom is 0.0706 e. The molecule has 0 aliphatic carbocycles. The molecule has 1 aromatic heterocycles. The largest absolute Gasteiger partial charge is 0.337 e. The molecule has 0 saturated heterocycles. The van der Waals surface area contributed by atoms with E-state index in [1.165, 1.54) is 10.8 Å². The van der Waals surface area contributed by atoms with Crippen LogP contribution in [-0.4, -0.2) is 10.2 Å². The van der Waals surface area contributed by atoms with E-state index in [1.54, 1.807) is 0 Å². The van der Waals surface area contributed by atoms with Crippen molar-refractivity contribution in [2.24, 2.45) is 0 Å². The van der Waals surface area contributed by atoms with Crippen LogP contribution in [0.2, 0.25) is 0 Å². The van der Waals surface area contributed by atoms with E-state index in [0.717, 1.165) is 17.8 Å². The van der Waals surface area contributed by atoms with Gasteiger partial charge in [0.1, 0.15) is 0 Å². The molecular weight excluding hydrogens is 261 g/mol. The Hall–Kier alpha value is -0.336. The molecule has 0 saturated carbocycles. The van der Waals surface area contributed by atoms with Crippen LogP contribution >= 0.6 is 0 Å². The second kappa shape index (κ2) is 5.67. The van der Waals surface area contributed by atoms with Gasteiger partial charge >= 0.3 is 0 Å². The zero-order chi connectivity index (χ0) is 9.97. The Morgan fingerprint density at radius 2 is 1.60 bits per heavy atom. The minimum atomic E-state index is 0. The van der Waals surface area contributed by atoms with Crippen LogP contribution in [0, 0.1) is 6.92 Å². The zero-order valence-corrected chi connectivity index (χ0v) is 11.7. The van der Waals surface area contributed by atoms with Crippen molar-refractivity contribution in [1.29, 1.82) is 0 Å². The fraction of sp³-hybridized carbons (Fsp3) is 0.250. The predicted octanol–water partition coefficient (Wildman–Crippen LogP) is 2.57. The van der Waals surface area contributed by atoms with Crippen molar-refractivity contribution in [3.05, 3.63) is 42.6 Å². The van der Waals surface area contributed by atoms with Gasteiger partial charge in [-0.3, -0.25) is 0 Å². The molecule has 0 unspecified atom stereocenters. The van der Waals surface area contributed by atoms with Crippen molar-refractivity contribution in [1.82, 2.24) is 10.2 Å². The third kappa shape index (κ3) is 2.43. The first-order valence-electron chi connectivity index (χ1n) is 4.89. The summed E-state index contributed by atoms with van der Waals surface area (Å²) in [4.78, 5) is 0. The van der Waals surface area contributed by atoms with Gasteiger partial charge in [0.05, 0.1) is 5.69 Å². The fourth-order valence-electron chi connectivity index (χ4n) is 1.66. The molecule has 15 heavy (non-hydrogen) atoms. The Bertz CT molecular complexity index is 412. The van der Waals surface area contributed by atoms with E-state index in [4.69, 9.17) is 0 Å². The number of nitrogens with zero attached hydrogens (tertiary/aromatic N) is 2. The molecule has 2 rings (SSSR count). The molecule has 75 valence electrons. The van der Waals surface area contributed by atoms with Crippen LogP contribution in [0.5, 0.6) is 0 Å². The first-order chi connectivity index (χ1) is 6.86. The Balaban J connectivity index is 0.00000112. The van der Waals surface area contributed by atoms with Gasteiger partial charge in [0, 0.05) is 49.2 Å². The van der Waals surface area contributed by atoms with Gasteiger partial charge in [-0.05, 0) is 6.42 Å². The Kier molecular flexibility index (Phi) is 4.81. The van der Waals surface area contributed by atoms with Gasteiger partial charge in [-0.2, -0.15) is 10.2 Å². The van der Waals surface area contributed by atoms with E-state index in [2.05, 4.69) is 36.2 Å². The molecule has 2 nitrogen and oxygen atoms in total. The average Bonchev–Trinajstić information content (AvgIpc) is 2.27. The molecular formula is C12H13N2Y-. The molecule has 1 aromatic carbocycles. The Morgan fingerprint density at radius 1 is 1.07 bits per heavy atom. The Morgan fingerprint density at radius 3 is 2.13 bits per heavy atom. The van der Waals surface area contributed by atoms with Gasteiger partial charge in [-0.25, -0.2) is 0 Å². The van der Waals surface area contributed by atoms with Gasteiger partial charge in [0.25, 0.3) is 0 Å². The molecule has 2 aromatic rings. The number of fused-ring (bicyclic) bond motifs is 1. The molecule has 1 heterocycles. The van der Waals surface area contributed by atoms with Gasteiger partial charge in [0.2, 0.25) is 0 Å². The average molecular weight is 274 g/mol. The SMILES string of the molecule is [CH2-]Cc1nnc(CC)c2ccccc12.[Y]. The number of rotatable bonds is 2. The topological polar surface area (TPSA) is 25.8 Å². The molecule has 0 aliphatic heterocycles. The minimum Gasteiger partial charge on any atom is -0.337 e. The number of hydrogen-bond acceptors (Lipinski definition) is 2. The zero-order valence-electron chi connectivity index (χ0n) is 8.90. The summed E-state index contributed by atoms with van der Waals surface area (Å²) in [5.74, 6) is 0. The summed E-state index contributed by atoms with van der Waals surface area (Å²) >= 11 is 0. The summed E-state index contributed by atoms with van der Waals surface area (Å²) in [6.45, 7) is 5.96. The molecule has 0 amide bonds. The predicted molar refractivity (Wildman–Crippen MR) is 58.0 cm³/mol. The van der Waals surface area contributed by atoms with E-state index >= 15 is 0 Å². The van der Waals surface area contributed by atoms with E-state index in [9.17, 15) is 0 Å². The monoisotopic (exact) mass is 274 g/mol. The van der Waals surface area contributed by atoms with Crippen LogP contribution in [0.3, 0.4) is 0 Å². The molecule has 0 bridgehead atoms. The van der Waals surface area contributed by atoms with Gasteiger partial charge < -0.3 is 6.92 Å². The maximum absolute atomic E-state index is 4.21. The fourth-order valence-corrected chi connectivity index (χ4v) is 1.66. The maximum atomic E-state index is 4.21. The van der Waals surface area contributed by atoms with Crippen LogP contribution in [0.1, 0.15) is 18.3 Å². The summed E-state index contributed by atoms with van der Waals surface area (Å²) in [5.41, 5.74) is 2.05. The van der Waals surface area contributed by atoms with Crippen LogP contribution in [0.15, 0.2) is 24.3 Å². The van der Waals surface area contributed by atoms with E-state index in [0.29, 0.717) is 6.42 Å². The van der Waals surface area contributed by atoms with Crippen LogP contribution in [0.25, 0.3) is 10.8 Å². The van der Waals surface area contributed by atoms with Gasteiger partial charge in [0.15, 0.2) is 0 Å². The summed E-state index contributed by atoms with van der Waals surface area (Å²) in [6.07, 6.45) is 1.61. The molecule has 0 atom stereocenters. The standard InChI is InChI=1S/C12H13N2.Y/c1-3-11-9-7-5-6-8-10(9)12(4-2)14-13-11;/h5-8H,1,3-4H2,2H3;/q-1;. The smallest absolute Gasteiger partial charge is 0.0706 e. The van der Waals surface area contributed by atoms with Crippen molar-refractivity contribution in [2.45, 2.75) is 19.8 Å². The summed E-state index contributed by atoms with van der Waals surface area (Å²) in [7, 11) is 0. The number of aromatic nitrogens is 2. The summed E-state index contributed by atoms with van der Waals surface area (Å²) in [6, 6.07) is 8.25. The van der Waals surface area contributed by atoms with Crippen LogP contribution in [-0.2, 0) is 45.6 Å². The van der Waals surface area contributed by atoms with Crippen LogP contribution < -0.4 is 0 Å². The molecule has 3 heteroatoms. The Labute approximate surface area is 115 Å². The van der Waals surface area contributed by atoms with Crippen molar-refractivity contribution in [3.8, 4) is 0 Å². The van der Waals surface area contributed by atoms with Crippen molar-refractivity contribution in [3.63, 3.8) is 0 Å². The second-order valence-corrected chi connectivity index (χ2v) is 3.24. The van der Waals surface area contributed by atoms with Crippen molar-refractivity contribution in [2.75, 3.05) is 0 Å². The van der Waals surface area contributed by atoms with E-state index in [1.807, 2.05) is 12.1 Å². The molecule has 0 N–H and O–H groups in total. The van der Waals surface area contributed by atoms with Crippen molar-refractivity contribution >= 4 is 10.8 Å². The first-order valence-corrected chi connectivity index (χ1v) is 4.89. The first kappa shape index (κ1) is 12.7. The van der Waals surface area contributed by atoms with Gasteiger partial charge in [-0.15, -0.1) is 6.42 Å². The molecule has 0 fully saturated rings. The second-order valence-electron chi connectivity index (χ2n) is 3.24. The number of aryl methyl sites for hydroxylation is 1. The van der Waals surface area contributed by atoms with Crippen molar-refractivity contribution < 1.29 is 32.7 Å². The third-order valence-electron chi connectivity index (χ3n) is 2.41. The number of hydrogen-bond donors (Lipinski definition) is 0. The minimum absolute atomic E-state index is 0. The number of benzene rings is 1. The molecule has 0 aliphatic rings.